The third-order valence-electron chi connectivity index (χ3n) is 4.90. The van der Waals surface area contributed by atoms with Crippen molar-refractivity contribution in [2.24, 2.45) is 4.99 Å². The average molecular weight is 527 g/mol. The zero-order valence-corrected chi connectivity index (χ0v) is 20.4. The normalized spacial score (nSPS) is 14.2. The summed E-state index contributed by atoms with van der Waals surface area (Å²) in [4.78, 5) is 16.9. The van der Waals surface area contributed by atoms with E-state index in [-0.39, 0.29) is 5.70 Å². The molecule has 0 bridgehead atoms. The van der Waals surface area contributed by atoms with Crippen LogP contribution in [0.3, 0.4) is 0 Å². The summed E-state index contributed by atoms with van der Waals surface area (Å²) in [6.07, 6.45) is 1.67. The average Bonchev–Trinajstić information content (AvgIpc) is 3.13. The van der Waals surface area contributed by atoms with Crippen LogP contribution in [0.4, 0.5) is 0 Å². The highest BCUT2D eigenvalue weighted by Gasteiger charge is 2.25. The number of nitrogens with zero attached hydrogens (tertiary/aromatic N) is 1. The molecule has 0 atom stereocenters. The summed E-state index contributed by atoms with van der Waals surface area (Å²) in [6, 6.07) is 18.8. The summed E-state index contributed by atoms with van der Waals surface area (Å²) < 4.78 is 17.9. The van der Waals surface area contributed by atoms with Crippen molar-refractivity contribution in [3.05, 3.63) is 98.1 Å². The molecule has 33 heavy (non-hydrogen) atoms. The van der Waals surface area contributed by atoms with Gasteiger partial charge in [-0.15, -0.1) is 0 Å². The van der Waals surface area contributed by atoms with Gasteiger partial charge in [0.05, 0.1) is 11.1 Å². The van der Waals surface area contributed by atoms with Crippen molar-refractivity contribution in [2.75, 3.05) is 6.61 Å². The van der Waals surface area contributed by atoms with Crippen molar-refractivity contribution in [1.82, 2.24) is 0 Å². The van der Waals surface area contributed by atoms with Crippen molar-refractivity contribution in [2.45, 2.75) is 20.5 Å². The molecular weight excluding hydrogens is 506 g/mol. The van der Waals surface area contributed by atoms with Gasteiger partial charge in [0.15, 0.2) is 17.2 Å². The largest absolute Gasteiger partial charge is 0.490 e. The zero-order valence-electron chi connectivity index (χ0n) is 18.1. The zero-order chi connectivity index (χ0) is 23.4. The van der Waals surface area contributed by atoms with E-state index in [1.54, 1.807) is 6.08 Å². The van der Waals surface area contributed by atoms with Crippen molar-refractivity contribution < 1.29 is 19.0 Å². The number of cyclic esters (lactones) is 1. The fourth-order valence-corrected chi connectivity index (χ4v) is 4.14. The van der Waals surface area contributed by atoms with E-state index < -0.39 is 5.97 Å². The number of carbonyl (C=O) groups excluding carboxylic acids is 1. The van der Waals surface area contributed by atoms with Crippen LogP contribution in [0, 0.1) is 6.92 Å². The lowest BCUT2D eigenvalue weighted by Gasteiger charge is -2.15. The number of aryl methyl sites for hydroxylation is 1. The van der Waals surface area contributed by atoms with Crippen molar-refractivity contribution in [3.63, 3.8) is 0 Å². The number of rotatable bonds is 7. The molecule has 0 saturated carbocycles. The van der Waals surface area contributed by atoms with Crippen LogP contribution in [-0.4, -0.2) is 18.5 Å². The quantitative estimate of drug-likeness (QED) is 0.253. The minimum Gasteiger partial charge on any atom is -0.490 e. The number of benzene rings is 3. The molecular formula is C26H21BrClNO4. The van der Waals surface area contributed by atoms with Gasteiger partial charge in [-0.3, -0.25) is 0 Å². The lowest BCUT2D eigenvalue weighted by Crippen LogP contribution is -2.06. The Bertz CT molecular complexity index is 1270. The van der Waals surface area contributed by atoms with Crippen LogP contribution in [0.25, 0.3) is 6.08 Å². The Morgan fingerprint density at radius 3 is 2.67 bits per heavy atom. The molecule has 3 aromatic carbocycles. The van der Waals surface area contributed by atoms with Gasteiger partial charge in [-0.25, -0.2) is 9.79 Å². The molecule has 0 amide bonds. The Hall–Kier alpha value is -3.09. The third-order valence-corrected chi connectivity index (χ3v) is 5.73. The highest BCUT2D eigenvalue weighted by atomic mass is 79.9. The van der Waals surface area contributed by atoms with Crippen LogP contribution in [0.1, 0.15) is 29.2 Å². The van der Waals surface area contributed by atoms with E-state index in [1.807, 2.05) is 74.5 Å². The maximum Gasteiger partial charge on any atom is 0.363 e. The summed E-state index contributed by atoms with van der Waals surface area (Å²) >= 11 is 9.63. The van der Waals surface area contributed by atoms with E-state index in [9.17, 15) is 4.79 Å². The number of halogens is 2. The summed E-state index contributed by atoms with van der Waals surface area (Å²) in [5.74, 6) is 0.922. The van der Waals surface area contributed by atoms with E-state index in [0.717, 1.165) is 22.3 Å². The molecule has 0 N–H and O–H groups in total. The van der Waals surface area contributed by atoms with Gasteiger partial charge >= 0.3 is 5.97 Å². The molecule has 0 radical (unpaired) electrons. The molecule has 5 nitrogen and oxygen atoms in total. The van der Waals surface area contributed by atoms with Gasteiger partial charge in [0.2, 0.25) is 5.90 Å². The third kappa shape index (κ3) is 5.46. The van der Waals surface area contributed by atoms with Crippen LogP contribution < -0.4 is 9.47 Å². The minimum absolute atomic E-state index is 0.218. The molecule has 3 aromatic rings. The summed E-state index contributed by atoms with van der Waals surface area (Å²) in [5, 5.41) is 0.649. The minimum atomic E-state index is -0.497. The van der Waals surface area contributed by atoms with E-state index >= 15 is 0 Å². The highest BCUT2D eigenvalue weighted by Crippen LogP contribution is 2.38. The second kappa shape index (κ2) is 10.2. The molecule has 7 heteroatoms. The van der Waals surface area contributed by atoms with Gasteiger partial charge in [-0.05, 0) is 82.9 Å². The molecule has 1 heterocycles. The maximum atomic E-state index is 12.4. The SMILES string of the molecule is CCOc1cc(/C=C2\N=C(c3ccccc3C)OC2=O)cc(Br)c1OCc1cccc(Cl)c1. The smallest absolute Gasteiger partial charge is 0.363 e. The molecule has 0 unspecified atom stereocenters. The molecule has 0 aliphatic carbocycles. The monoisotopic (exact) mass is 525 g/mol. The van der Waals surface area contributed by atoms with E-state index in [2.05, 4.69) is 20.9 Å². The van der Waals surface area contributed by atoms with Gasteiger partial charge in [0, 0.05) is 10.6 Å². The Balaban J connectivity index is 1.62. The molecule has 0 saturated heterocycles. The number of ether oxygens (including phenoxy) is 3. The van der Waals surface area contributed by atoms with Gasteiger partial charge < -0.3 is 14.2 Å². The number of hydrogen-bond donors (Lipinski definition) is 0. The van der Waals surface area contributed by atoms with Crippen LogP contribution in [0.2, 0.25) is 5.02 Å². The lowest BCUT2D eigenvalue weighted by atomic mass is 10.1. The molecule has 4 rings (SSSR count). The van der Waals surface area contributed by atoms with Crippen molar-refractivity contribution >= 4 is 45.5 Å². The van der Waals surface area contributed by atoms with Crippen LogP contribution in [-0.2, 0) is 16.1 Å². The topological polar surface area (TPSA) is 57.1 Å². The van der Waals surface area contributed by atoms with E-state index in [0.29, 0.717) is 40.1 Å². The first-order chi connectivity index (χ1) is 15.9. The predicted molar refractivity (Wildman–Crippen MR) is 133 cm³/mol. The summed E-state index contributed by atoms with van der Waals surface area (Å²) in [7, 11) is 0. The lowest BCUT2D eigenvalue weighted by molar-refractivity contribution is -0.129. The van der Waals surface area contributed by atoms with Crippen LogP contribution in [0.15, 0.2) is 75.8 Å². The van der Waals surface area contributed by atoms with E-state index in [1.165, 1.54) is 0 Å². The standard InChI is InChI=1S/C26H21BrClNO4/c1-3-31-23-14-18(12-21(27)24(23)32-15-17-8-6-9-19(28)11-17)13-22-26(30)33-25(29-22)20-10-5-4-7-16(20)2/h4-14H,3,15H2,1-2H3/b22-13-. The van der Waals surface area contributed by atoms with Crippen LogP contribution >= 0.6 is 27.5 Å². The van der Waals surface area contributed by atoms with Gasteiger partial charge in [0.1, 0.15) is 6.61 Å². The maximum absolute atomic E-state index is 12.4. The number of hydrogen-bond acceptors (Lipinski definition) is 5. The molecule has 0 spiro atoms. The Morgan fingerprint density at radius 1 is 1.09 bits per heavy atom. The summed E-state index contributed by atoms with van der Waals surface area (Å²) in [6.45, 7) is 4.63. The number of esters is 1. The second-order valence-corrected chi connectivity index (χ2v) is 8.62. The van der Waals surface area contributed by atoms with Crippen LogP contribution in [0.5, 0.6) is 11.5 Å². The number of carbonyl (C=O) groups is 1. The second-order valence-electron chi connectivity index (χ2n) is 7.33. The summed E-state index contributed by atoms with van der Waals surface area (Å²) in [5.41, 5.74) is 3.65. The van der Waals surface area contributed by atoms with E-state index in [4.69, 9.17) is 25.8 Å². The Morgan fingerprint density at radius 2 is 1.91 bits per heavy atom. The molecule has 1 aliphatic rings. The first-order valence-corrected chi connectivity index (χ1v) is 11.5. The van der Waals surface area contributed by atoms with Crippen molar-refractivity contribution in [1.29, 1.82) is 0 Å². The fourth-order valence-electron chi connectivity index (χ4n) is 3.35. The van der Waals surface area contributed by atoms with Gasteiger partial charge in [-0.2, -0.15) is 0 Å². The predicted octanol–water partition coefficient (Wildman–Crippen LogP) is 6.73. The van der Waals surface area contributed by atoms with Gasteiger partial charge in [0.25, 0.3) is 0 Å². The molecule has 0 fully saturated rings. The van der Waals surface area contributed by atoms with Crippen molar-refractivity contribution in [3.8, 4) is 11.5 Å². The first-order valence-electron chi connectivity index (χ1n) is 10.4. The Labute approximate surface area is 205 Å². The molecule has 168 valence electrons. The molecule has 0 aromatic heterocycles. The molecule has 1 aliphatic heterocycles. The Kier molecular flexibility index (Phi) is 7.16. The fraction of sp³-hybridized carbons (Fsp3) is 0.154. The number of aliphatic imine (C=N–C) groups is 1. The highest BCUT2D eigenvalue weighted by molar-refractivity contribution is 9.10. The first kappa shape index (κ1) is 23.1. The van der Waals surface area contributed by atoms with Gasteiger partial charge in [-0.1, -0.05) is 41.9 Å².